The molecule has 1 saturated heterocycles. The summed E-state index contributed by atoms with van der Waals surface area (Å²) in [5, 5.41) is 21.4. The number of benzene rings is 2. The molecule has 33 heavy (non-hydrogen) atoms. The summed E-state index contributed by atoms with van der Waals surface area (Å²) in [6.45, 7) is 3.01. The maximum atomic E-state index is 13.1. The number of hydrogen-bond donors (Lipinski definition) is 2. The van der Waals surface area contributed by atoms with Crippen molar-refractivity contribution in [3.63, 3.8) is 0 Å². The highest BCUT2D eigenvalue weighted by molar-refractivity contribution is 6.46. The van der Waals surface area contributed by atoms with Crippen molar-refractivity contribution in [2.24, 2.45) is 0 Å². The van der Waals surface area contributed by atoms with Gasteiger partial charge in [0.1, 0.15) is 11.5 Å². The lowest BCUT2D eigenvalue weighted by molar-refractivity contribution is -0.140. The summed E-state index contributed by atoms with van der Waals surface area (Å²) in [5.41, 5.74) is 0.734. The number of methoxy groups -OCH3 is 1. The molecular formula is C24H27ClN2O6. The number of aliphatic hydroxyl groups is 1. The molecule has 0 radical (unpaired) electrons. The van der Waals surface area contributed by atoms with Crippen molar-refractivity contribution < 1.29 is 29.3 Å². The standard InChI is InChI=1S/C24H27ClN2O6/c1-5-33-18-9-7-15(12-16(18)25)22(29)20-21(14-6-8-17(28)19(13-14)32-4)27(11-10-26(2)3)24(31)23(20)30/h6-9,12-13,21,28-29H,5,10-11H2,1-4H3. The van der Waals surface area contributed by atoms with Crippen LogP contribution in [0.1, 0.15) is 24.1 Å². The van der Waals surface area contributed by atoms with E-state index >= 15 is 0 Å². The van der Waals surface area contributed by atoms with Gasteiger partial charge in [0.05, 0.1) is 30.4 Å². The van der Waals surface area contributed by atoms with Crippen LogP contribution in [0, 0.1) is 0 Å². The number of phenols is 1. The van der Waals surface area contributed by atoms with Crippen molar-refractivity contribution in [2.75, 3.05) is 40.9 Å². The molecule has 0 aliphatic carbocycles. The van der Waals surface area contributed by atoms with Crippen LogP contribution in [-0.2, 0) is 9.59 Å². The number of hydrogen-bond acceptors (Lipinski definition) is 7. The van der Waals surface area contributed by atoms with E-state index in [9.17, 15) is 19.8 Å². The molecule has 0 spiro atoms. The molecule has 8 nitrogen and oxygen atoms in total. The highest BCUT2D eigenvalue weighted by Crippen LogP contribution is 2.42. The number of likely N-dealkylation sites (tertiary alicyclic amines) is 1. The first-order chi connectivity index (χ1) is 15.7. The third kappa shape index (κ3) is 4.91. The normalized spacial score (nSPS) is 17.6. The Morgan fingerprint density at radius 2 is 1.88 bits per heavy atom. The molecule has 1 heterocycles. The van der Waals surface area contributed by atoms with Gasteiger partial charge < -0.3 is 29.5 Å². The molecule has 0 saturated carbocycles. The number of rotatable bonds is 8. The largest absolute Gasteiger partial charge is 0.507 e. The number of carbonyl (C=O) groups excluding carboxylic acids is 2. The van der Waals surface area contributed by atoms with E-state index in [2.05, 4.69) is 0 Å². The summed E-state index contributed by atoms with van der Waals surface area (Å²) in [5.74, 6) is -1.30. The van der Waals surface area contributed by atoms with E-state index in [1.54, 1.807) is 24.3 Å². The van der Waals surface area contributed by atoms with Gasteiger partial charge in [-0.15, -0.1) is 0 Å². The van der Waals surface area contributed by atoms with Gasteiger partial charge in [-0.3, -0.25) is 9.59 Å². The number of amides is 1. The van der Waals surface area contributed by atoms with Crippen LogP contribution in [0.3, 0.4) is 0 Å². The van der Waals surface area contributed by atoms with Gasteiger partial charge in [0.2, 0.25) is 0 Å². The lowest BCUT2D eigenvalue weighted by Crippen LogP contribution is -2.35. The van der Waals surface area contributed by atoms with Crippen molar-refractivity contribution in [1.29, 1.82) is 0 Å². The molecule has 2 aromatic carbocycles. The van der Waals surface area contributed by atoms with E-state index in [0.717, 1.165) is 0 Å². The van der Waals surface area contributed by atoms with Crippen molar-refractivity contribution in [1.82, 2.24) is 9.80 Å². The number of aromatic hydroxyl groups is 1. The van der Waals surface area contributed by atoms with Crippen molar-refractivity contribution in [3.8, 4) is 17.2 Å². The van der Waals surface area contributed by atoms with Crippen LogP contribution in [0.25, 0.3) is 5.76 Å². The van der Waals surface area contributed by atoms with Gasteiger partial charge in [0.15, 0.2) is 11.5 Å². The number of likely N-dealkylation sites (N-methyl/N-ethyl adjacent to an activating group) is 1. The van der Waals surface area contributed by atoms with Crippen LogP contribution in [0.5, 0.6) is 17.2 Å². The molecule has 1 amide bonds. The number of carbonyl (C=O) groups is 2. The van der Waals surface area contributed by atoms with Gasteiger partial charge in [-0.05, 0) is 56.9 Å². The van der Waals surface area contributed by atoms with E-state index in [0.29, 0.717) is 24.5 Å². The van der Waals surface area contributed by atoms with E-state index in [4.69, 9.17) is 21.1 Å². The number of ether oxygens (including phenoxy) is 2. The smallest absolute Gasteiger partial charge is 0.295 e. The van der Waals surface area contributed by atoms with Crippen LogP contribution in [0.4, 0.5) is 0 Å². The number of phenolic OH excluding ortho intramolecular Hbond substituents is 1. The molecule has 0 aromatic heterocycles. The molecule has 1 fully saturated rings. The summed E-state index contributed by atoms with van der Waals surface area (Å²) in [7, 11) is 5.12. The Balaban J connectivity index is 2.17. The van der Waals surface area contributed by atoms with Crippen LogP contribution < -0.4 is 9.47 Å². The molecule has 1 aliphatic heterocycles. The summed E-state index contributed by atoms with van der Waals surface area (Å²) < 4.78 is 10.6. The molecule has 2 aromatic rings. The van der Waals surface area contributed by atoms with Gasteiger partial charge in [-0.25, -0.2) is 0 Å². The predicted octanol–water partition coefficient (Wildman–Crippen LogP) is 3.44. The van der Waals surface area contributed by atoms with E-state index < -0.39 is 17.7 Å². The van der Waals surface area contributed by atoms with Gasteiger partial charge in [0.25, 0.3) is 11.7 Å². The molecule has 1 aliphatic rings. The van der Waals surface area contributed by atoms with Crippen LogP contribution in [0.15, 0.2) is 42.0 Å². The first-order valence-corrected chi connectivity index (χ1v) is 10.8. The molecule has 3 rings (SSSR count). The van der Waals surface area contributed by atoms with Crippen molar-refractivity contribution in [2.45, 2.75) is 13.0 Å². The zero-order valence-corrected chi connectivity index (χ0v) is 19.7. The van der Waals surface area contributed by atoms with Gasteiger partial charge in [0, 0.05) is 18.7 Å². The fraction of sp³-hybridized carbons (Fsp3) is 0.333. The summed E-state index contributed by atoms with van der Waals surface area (Å²) in [4.78, 5) is 29.3. The lowest BCUT2D eigenvalue weighted by atomic mass is 9.95. The van der Waals surface area contributed by atoms with Crippen LogP contribution >= 0.6 is 11.6 Å². The quantitative estimate of drug-likeness (QED) is 0.343. The SMILES string of the molecule is CCOc1ccc(C(O)=C2C(=O)C(=O)N(CCN(C)C)C2c2ccc(O)c(OC)c2)cc1Cl. The first kappa shape index (κ1) is 24.4. The fourth-order valence-electron chi connectivity index (χ4n) is 3.71. The second-order valence-electron chi connectivity index (χ2n) is 7.81. The Morgan fingerprint density at radius 1 is 1.15 bits per heavy atom. The minimum absolute atomic E-state index is 0.0632. The highest BCUT2D eigenvalue weighted by Gasteiger charge is 2.46. The third-order valence-electron chi connectivity index (χ3n) is 5.35. The summed E-state index contributed by atoms with van der Waals surface area (Å²) in [6.07, 6.45) is 0. The Hall–Kier alpha value is -3.23. The maximum Gasteiger partial charge on any atom is 0.295 e. The Kier molecular flexibility index (Phi) is 7.50. The minimum Gasteiger partial charge on any atom is -0.507 e. The molecule has 9 heteroatoms. The van der Waals surface area contributed by atoms with E-state index in [1.165, 1.54) is 24.1 Å². The predicted molar refractivity (Wildman–Crippen MR) is 125 cm³/mol. The Morgan fingerprint density at radius 3 is 2.48 bits per heavy atom. The monoisotopic (exact) mass is 474 g/mol. The average Bonchev–Trinajstić information content (AvgIpc) is 3.03. The fourth-order valence-corrected chi connectivity index (χ4v) is 3.94. The zero-order valence-electron chi connectivity index (χ0n) is 19.0. The summed E-state index contributed by atoms with van der Waals surface area (Å²) >= 11 is 6.28. The van der Waals surface area contributed by atoms with E-state index in [1.807, 2.05) is 25.9 Å². The molecule has 0 bridgehead atoms. The number of nitrogens with zero attached hydrogens (tertiary/aromatic N) is 2. The molecule has 1 unspecified atom stereocenters. The molecule has 2 N–H and O–H groups in total. The Labute approximate surface area is 197 Å². The maximum absolute atomic E-state index is 13.1. The van der Waals surface area contributed by atoms with Gasteiger partial charge in [-0.1, -0.05) is 17.7 Å². The number of halogens is 1. The third-order valence-corrected chi connectivity index (χ3v) is 5.65. The average molecular weight is 475 g/mol. The van der Waals surface area contributed by atoms with Crippen molar-refractivity contribution >= 4 is 29.1 Å². The highest BCUT2D eigenvalue weighted by atomic mass is 35.5. The van der Waals surface area contributed by atoms with E-state index in [-0.39, 0.29) is 40.0 Å². The number of ketones is 1. The van der Waals surface area contributed by atoms with Crippen LogP contribution in [0.2, 0.25) is 5.02 Å². The number of Topliss-reactive ketones (excluding diaryl/α,β-unsaturated/α-hetero) is 1. The molecular weight excluding hydrogens is 448 g/mol. The Bertz CT molecular complexity index is 1100. The lowest BCUT2D eigenvalue weighted by Gasteiger charge is -2.27. The topological polar surface area (TPSA) is 99.5 Å². The second kappa shape index (κ2) is 10.1. The van der Waals surface area contributed by atoms with Gasteiger partial charge >= 0.3 is 0 Å². The van der Waals surface area contributed by atoms with Gasteiger partial charge in [-0.2, -0.15) is 0 Å². The van der Waals surface area contributed by atoms with Crippen LogP contribution in [-0.4, -0.2) is 72.6 Å². The van der Waals surface area contributed by atoms with Crippen molar-refractivity contribution in [3.05, 3.63) is 58.1 Å². The zero-order chi connectivity index (χ0) is 24.3. The second-order valence-corrected chi connectivity index (χ2v) is 8.21. The molecule has 1 atom stereocenters. The molecule has 176 valence electrons. The first-order valence-electron chi connectivity index (χ1n) is 10.4. The minimum atomic E-state index is -0.871. The summed E-state index contributed by atoms with van der Waals surface area (Å²) in [6, 6.07) is 8.36. The number of aliphatic hydroxyl groups excluding tert-OH is 1.